The highest BCUT2D eigenvalue weighted by Gasteiger charge is 2.14. The van der Waals surface area contributed by atoms with Gasteiger partial charge in [0.05, 0.1) is 29.1 Å². The Morgan fingerprint density at radius 3 is 2.79 bits per heavy atom. The van der Waals surface area contributed by atoms with Gasteiger partial charge in [-0.25, -0.2) is 4.39 Å². The second-order valence-electron chi connectivity index (χ2n) is 6.26. The van der Waals surface area contributed by atoms with Crippen LogP contribution in [-0.2, 0) is 6.54 Å². The zero-order chi connectivity index (χ0) is 20.4. The lowest BCUT2D eigenvalue weighted by Crippen LogP contribution is -2.11. The Morgan fingerprint density at radius 1 is 1.17 bits per heavy atom. The summed E-state index contributed by atoms with van der Waals surface area (Å²) in [7, 11) is 0. The summed E-state index contributed by atoms with van der Waals surface area (Å²) in [4.78, 5) is 12.5. The molecular formula is C20H14Cl2FN5O. The molecule has 146 valence electrons. The number of hydrogen-bond donors (Lipinski definition) is 2. The van der Waals surface area contributed by atoms with Crippen LogP contribution in [0.15, 0.2) is 60.9 Å². The van der Waals surface area contributed by atoms with Gasteiger partial charge in [-0.3, -0.25) is 14.6 Å². The van der Waals surface area contributed by atoms with Crippen molar-refractivity contribution in [2.24, 2.45) is 0 Å². The number of nitrogens with one attached hydrogen (secondary N) is 2. The Bertz CT molecular complexity index is 1190. The second-order valence-corrected chi connectivity index (χ2v) is 7.11. The molecule has 4 rings (SSSR count). The van der Waals surface area contributed by atoms with Crippen molar-refractivity contribution in [2.45, 2.75) is 6.54 Å². The van der Waals surface area contributed by atoms with Crippen LogP contribution in [0.3, 0.4) is 0 Å². The molecule has 0 aliphatic heterocycles. The molecule has 2 N–H and O–H groups in total. The van der Waals surface area contributed by atoms with Gasteiger partial charge in [0.15, 0.2) is 0 Å². The van der Waals surface area contributed by atoms with Gasteiger partial charge in [-0.05, 0) is 30.3 Å². The summed E-state index contributed by atoms with van der Waals surface area (Å²) in [5.41, 5.74) is 2.42. The van der Waals surface area contributed by atoms with E-state index in [1.54, 1.807) is 53.3 Å². The topological polar surface area (TPSA) is 75.6 Å². The normalized spacial score (nSPS) is 10.9. The Balaban J connectivity index is 1.46. The van der Waals surface area contributed by atoms with Gasteiger partial charge < -0.3 is 5.32 Å². The number of nitrogens with zero attached hydrogens (tertiary/aromatic N) is 3. The Labute approximate surface area is 175 Å². The maximum atomic E-state index is 13.8. The zero-order valence-electron chi connectivity index (χ0n) is 14.9. The van der Waals surface area contributed by atoms with Gasteiger partial charge in [-0.1, -0.05) is 41.4 Å². The van der Waals surface area contributed by atoms with Gasteiger partial charge in [0.2, 0.25) is 0 Å². The predicted molar refractivity (Wildman–Crippen MR) is 110 cm³/mol. The average molecular weight is 430 g/mol. The van der Waals surface area contributed by atoms with Crippen LogP contribution in [0.25, 0.3) is 11.3 Å². The first-order chi connectivity index (χ1) is 14.0. The second kappa shape index (κ2) is 8.06. The number of hydrogen-bond acceptors (Lipinski definition) is 3. The van der Waals surface area contributed by atoms with Crippen molar-refractivity contribution in [2.75, 3.05) is 5.32 Å². The van der Waals surface area contributed by atoms with E-state index in [1.807, 2.05) is 0 Å². The summed E-state index contributed by atoms with van der Waals surface area (Å²) >= 11 is 12.1. The lowest BCUT2D eigenvalue weighted by atomic mass is 10.1. The number of aromatic nitrogens is 4. The van der Waals surface area contributed by atoms with Gasteiger partial charge in [-0.15, -0.1) is 0 Å². The Morgan fingerprint density at radius 2 is 2.00 bits per heavy atom. The van der Waals surface area contributed by atoms with Crippen molar-refractivity contribution in [1.82, 2.24) is 20.0 Å². The molecule has 0 bridgehead atoms. The SMILES string of the molecule is O=C(Nc1cnn(Cc2ccccc2F)c1)c1cc(-c2ccc(Cl)cc2Cl)n[nH]1. The molecule has 0 aliphatic rings. The monoisotopic (exact) mass is 429 g/mol. The summed E-state index contributed by atoms with van der Waals surface area (Å²) in [6, 6.07) is 13.1. The molecule has 0 saturated heterocycles. The number of aromatic amines is 1. The minimum Gasteiger partial charge on any atom is -0.318 e. The molecule has 4 aromatic rings. The minimum absolute atomic E-state index is 0.256. The van der Waals surface area contributed by atoms with E-state index in [0.717, 1.165) is 0 Å². The Hall–Kier alpha value is -3.16. The molecule has 29 heavy (non-hydrogen) atoms. The Kier molecular flexibility index (Phi) is 5.33. The van der Waals surface area contributed by atoms with Crippen molar-refractivity contribution < 1.29 is 9.18 Å². The van der Waals surface area contributed by atoms with E-state index in [-0.39, 0.29) is 24.0 Å². The van der Waals surface area contributed by atoms with Gasteiger partial charge in [0.1, 0.15) is 11.5 Å². The maximum Gasteiger partial charge on any atom is 0.273 e. The van der Waals surface area contributed by atoms with Crippen LogP contribution < -0.4 is 5.32 Å². The fourth-order valence-corrected chi connectivity index (χ4v) is 3.29. The summed E-state index contributed by atoms with van der Waals surface area (Å²) < 4.78 is 15.3. The number of benzene rings is 2. The summed E-state index contributed by atoms with van der Waals surface area (Å²) in [5, 5.41) is 14.7. The minimum atomic E-state index is -0.390. The number of amides is 1. The molecule has 0 radical (unpaired) electrons. The van der Waals surface area contributed by atoms with E-state index in [0.29, 0.717) is 32.6 Å². The molecule has 0 atom stereocenters. The van der Waals surface area contributed by atoms with Crippen LogP contribution in [0.2, 0.25) is 10.0 Å². The summed E-state index contributed by atoms with van der Waals surface area (Å²) in [6.07, 6.45) is 3.11. The third-order valence-corrected chi connectivity index (χ3v) is 4.76. The van der Waals surface area contributed by atoms with Crippen LogP contribution in [0, 0.1) is 5.82 Å². The van der Waals surface area contributed by atoms with Gasteiger partial charge in [-0.2, -0.15) is 10.2 Å². The summed E-state index contributed by atoms with van der Waals surface area (Å²) in [6.45, 7) is 0.256. The fraction of sp³-hybridized carbons (Fsp3) is 0.0500. The highest BCUT2D eigenvalue weighted by atomic mass is 35.5. The van der Waals surface area contributed by atoms with E-state index in [2.05, 4.69) is 20.6 Å². The fourth-order valence-electron chi connectivity index (χ4n) is 2.79. The number of H-pyrrole nitrogens is 1. The van der Waals surface area contributed by atoms with Crippen molar-refractivity contribution >= 4 is 34.8 Å². The predicted octanol–water partition coefficient (Wildman–Crippen LogP) is 5.02. The molecule has 0 spiro atoms. The first kappa shape index (κ1) is 19.2. The van der Waals surface area contributed by atoms with E-state index < -0.39 is 0 Å². The molecule has 1 amide bonds. The number of carbonyl (C=O) groups excluding carboxylic acids is 1. The molecule has 2 aromatic heterocycles. The smallest absolute Gasteiger partial charge is 0.273 e. The summed E-state index contributed by atoms with van der Waals surface area (Å²) in [5.74, 6) is -0.696. The first-order valence-corrected chi connectivity index (χ1v) is 9.33. The van der Waals surface area contributed by atoms with Crippen LogP contribution in [-0.4, -0.2) is 25.9 Å². The van der Waals surface area contributed by atoms with Crippen molar-refractivity contribution in [3.05, 3.63) is 88.0 Å². The molecule has 0 aliphatic carbocycles. The molecule has 0 fully saturated rings. The third kappa shape index (κ3) is 4.31. The number of rotatable bonds is 5. The quantitative estimate of drug-likeness (QED) is 0.467. The van der Waals surface area contributed by atoms with Crippen LogP contribution in [0.5, 0.6) is 0 Å². The van der Waals surface area contributed by atoms with E-state index in [9.17, 15) is 9.18 Å². The number of halogens is 3. The molecule has 2 aromatic carbocycles. The third-order valence-electron chi connectivity index (χ3n) is 4.21. The highest BCUT2D eigenvalue weighted by Crippen LogP contribution is 2.29. The molecule has 9 heteroatoms. The zero-order valence-corrected chi connectivity index (χ0v) is 16.4. The van der Waals surface area contributed by atoms with Crippen molar-refractivity contribution in [3.63, 3.8) is 0 Å². The van der Waals surface area contributed by atoms with E-state index in [1.165, 1.54) is 12.3 Å². The van der Waals surface area contributed by atoms with E-state index >= 15 is 0 Å². The number of anilines is 1. The van der Waals surface area contributed by atoms with Crippen LogP contribution in [0.4, 0.5) is 10.1 Å². The first-order valence-electron chi connectivity index (χ1n) is 8.57. The largest absolute Gasteiger partial charge is 0.318 e. The maximum absolute atomic E-state index is 13.8. The van der Waals surface area contributed by atoms with Gasteiger partial charge in [0.25, 0.3) is 5.91 Å². The standard InChI is InChI=1S/C20H14Cl2FN5O/c21-13-5-6-15(16(22)7-13)18-8-19(27-26-18)20(29)25-14-9-24-28(11-14)10-12-3-1-2-4-17(12)23/h1-9,11H,10H2,(H,25,29)(H,26,27). The lowest BCUT2D eigenvalue weighted by molar-refractivity contribution is 0.102. The van der Waals surface area contributed by atoms with E-state index in [4.69, 9.17) is 23.2 Å². The average Bonchev–Trinajstić information content (AvgIpc) is 3.33. The molecule has 0 unspecified atom stereocenters. The molecule has 0 saturated carbocycles. The van der Waals surface area contributed by atoms with Gasteiger partial charge >= 0.3 is 0 Å². The lowest BCUT2D eigenvalue weighted by Gasteiger charge is -2.03. The molecular weight excluding hydrogens is 416 g/mol. The van der Waals surface area contributed by atoms with Crippen LogP contribution >= 0.6 is 23.2 Å². The van der Waals surface area contributed by atoms with Crippen molar-refractivity contribution in [3.8, 4) is 11.3 Å². The molecule has 6 nitrogen and oxygen atoms in total. The molecule has 2 heterocycles. The van der Waals surface area contributed by atoms with Crippen LogP contribution in [0.1, 0.15) is 16.1 Å². The van der Waals surface area contributed by atoms with Crippen molar-refractivity contribution in [1.29, 1.82) is 0 Å². The van der Waals surface area contributed by atoms with Gasteiger partial charge in [0, 0.05) is 22.3 Å². The number of carbonyl (C=O) groups is 1. The highest BCUT2D eigenvalue weighted by molar-refractivity contribution is 6.36.